The molecule has 0 aromatic heterocycles. The maximum atomic E-state index is 11.8. The van der Waals surface area contributed by atoms with Crippen LogP contribution in [0.4, 0.5) is 9.59 Å². The van der Waals surface area contributed by atoms with Crippen molar-refractivity contribution in [1.82, 2.24) is 9.80 Å². The number of piperidine rings is 2. The van der Waals surface area contributed by atoms with Crippen LogP contribution in [0.25, 0.3) is 0 Å². The fourth-order valence-corrected chi connectivity index (χ4v) is 4.22. The monoisotopic (exact) mass is 368 g/mol. The molecule has 8 heteroatoms. The van der Waals surface area contributed by atoms with Gasteiger partial charge in [0, 0.05) is 12.1 Å². The molecular weight excluding hydrogens is 340 g/mol. The number of carbonyl (C=O) groups excluding carboxylic acids is 2. The average Bonchev–Trinajstić information content (AvgIpc) is 3.41. The topological polar surface area (TPSA) is 107 Å². The van der Waals surface area contributed by atoms with Crippen LogP contribution in [0, 0.1) is 11.8 Å². The number of hydrogen-bond acceptors (Lipinski definition) is 5. The third-order valence-electron chi connectivity index (χ3n) is 5.55. The lowest BCUT2D eigenvalue weighted by molar-refractivity contribution is -0.112. The Kier molecular flexibility index (Phi) is 4.90. The Balaban J connectivity index is 0.000000158. The summed E-state index contributed by atoms with van der Waals surface area (Å²) in [4.78, 5) is 36.3. The van der Waals surface area contributed by atoms with E-state index in [1.54, 1.807) is 4.90 Å². The van der Waals surface area contributed by atoms with Crippen LogP contribution in [0.2, 0.25) is 0 Å². The van der Waals surface area contributed by atoms with Crippen molar-refractivity contribution in [2.75, 3.05) is 6.61 Å². The van der Waals surface area contributed by atoms with Gasteiger partial charge in [-0.3, -0.25) is 9.80 Å². The van der Waals surface area contributed by atoms with Gasteiger partial charge in [0.1, 0.15) is 11.9 Å². The van der Waals surface area contributed by atoms with Crippen LogP contribution in [-0.4, -0.2) is 74.9 Å². The Labute approximate surface area is 153 Å². The van der Waals surface area contributed by atoms with Crippen LogP contribution >= 0.6 is 0 Å². The molecule has 4 rings (SSSR count). The molecule has 2 N–H and O–H groups in total. The minimum atomic E-state index is -0.881. The van der Waals surface area contributed by atoms with Gasteiger partial charge >= 0.3 is 12.2 Å². The van der Waals surface area contributed by atoms with Crippen LogP contribution in [0.15, 0.2) is 0 Å². The predicted molar refractivity (Wildman–Crippen MR) is 91.7 cm³/mol. The number of aliphatic hydroxyl groups excluding tert-OH is 1. The molecule has 2 aliphatic carbocycles. The van der Waals surface area contributed by atoms with E-state index in [2.05, 4.69) is 0 Å². The molecule has 0 radical (unpaired) electrons. The van der Waals surface area contributed by atoms with Crippen LogP contribution in [0.1, 0.15) is 46.5 Å². The molecule has 2 amide bonds. The molecule has 0 aromatic carbocycles. The maximum absolute atomic E-state index is 11.8. The van der Waals surface area contributed by atoms with Crippen LogP contribution < -0.4 is 0 Å². The molecule has 2 saturated carbocycles. The van der Waals surface area contributed by atoms with E-state index in [0.717, 1.165) is 32.0 Å². The van der Waals surface area contributed by atoms with Gasteiger partial charge in [-0.2, -0.15) is 0 Å². The number of rotatable bonds is 2. The van der Waals surface area contributed by atoms with E-state index in [0.29, 0.717) is 11.8 Å². The SMILES string of the molecule is CC(C)(C)OC(=O)N1[C@@H]2C[C@@H]2C[C@@H]1C=O.O=C(O)N1C(CO)C[C@H]2C[C@H]21. The Hall–Kier alpha value is -1.83. The summed E-state index contributed by atoms with van der Waals surface area (Å²) in [7, 11) is 0. The number of ether oxygens (including phenoxy) is 1. The smallest absolute Gasteiger partial charge is 0.411 e. The number of carboxylic acid groups (broad SMARTS) is 1. The highest BCUT2D eigenvalue weighted by atomic mass is 16.6. The summed E-state index contributed by atoms with van der Waals surface area (Å²) < 4.78 is 5.28. The van der Waals surface area contributed by atoms with Crippen molar-refractivity contribution in [2.45, 2.75) is 76.2 Å². The zero-order chi connectivity index (χ0) is 19.2. The highest BCUT2D eigenvalue weighted by Crippen LogP contribution is 2.48. The van der Waals surface area contributed by atoms with Gasteiger partial charge in [0.25, 0.3) is 0 Å². The third kappa shape index (κ3) is 3.79. The molecule has 2 heterocycles. The number of nitrogens with zero attached hydrogens (tertiary/aromatic N) is 2. The predicted octanol–water partition coefficient (Wildman–Crippen LogP) is 1.70. The van der Waals surface area contributed by atoms with E-state index in [4.69, 9.17) is 14.9 Å². The lowest BCUT2D eigenvalue weighted by atomic mass is 10.2. The summed E-state index contributed by atoms with van der Waals surface area (Å²) in [5, 5.41) is 17.5. The fraction of sp³-hybridized carbons (Fsp3) is 0.833. The molecule has 2 aliphatic heterocycles. The van der Waals surface area contributed by atoms with Gasteiger partial charge in [-0.1, -0.05) is 0 Å². The van der Waals surface area contributed by atoms with Crippen molar-refractivity contribution in [2.24, 2.45) is 11.8 Å². The summed E-state index contributed by atoms with van der Waals surface area (Å²) >= 11 is 0. The molecule has 146 valence electrons. The molecule has 26 heavy (non-hydrogen) atoms. The van der Waals surface area contributed by atoms with Gasteiger partial charge < -0.3 is 19.7 Å². The standard InChI is InChI=1S/C11H17NO3.C7H11NO3/c1-11(2,3)15-10(14)12-8(6-13)4-7-5-9(7)12;9-3-5-1-4-2-6(4)8(5)7(10)11/h6-9H,4-5H2,1-3H3;4-6,9H,1-3H2,(H,10,11)/t7-,8+,9+;4-,5?,6+/m00/s1. The molecule has 6 atom stereocenters. The Morgan fingerprint density at radius 1 is 1.08 bits per heavy atom. The number of aliphatic hydroxyl groups is 1. The molecule has 8 nitrogen and oxygen atoms in total. The first kappa shape index (κ1) is 18.9. The van der Waals surface area contributed by atoms with Gasteiger partial charge in [-0.15, -0.1) is 0 Å². The Morgan fingerprint density at radius 3 is 2.12 bits per heavy atom. The Morgan fingerprint density at radius 2 is 1.65 bits per heavy atom. The van der Waals surface area contributed by atoms with Gasteiger partial charge in [-0.25, -0.2) is 9.59 Å². The first-order chi connectivity index (χ1) is 12.2. The molecule has 2 saturated heterocycles. The van der Waals surface area contributed by atoms with Crippen molar-refractivity contribution in [3.8, 4) is 0 Å². The lowest BCUT2D eigenvalue weighted by Gasteiger charge is -2.28. The average molecular weight is 368 g/mol. The second kappa shape index (κ2) is 6.72. The molecular formula is C18H28N2O6. The largest absolute Gasteiger partial charge is 0.465 e. The first-order valence-electron chi connectivity index (χ1n) is 9.25. The summed E-state index contributed by atoms with van der Waals surface area (Å²) in [5.74, 6) is 1.08. The highest BCUT2D eigenvalue weighted by Gasteiger charge is 2.55. The zero-order valence-corrected chi connectivity index (χ0v) is 15.5. The lowest BCUT2D eigenvalue weighted by Crippen LogP contribution is -2.42. The number of fused-ring (bicyclic) bond motifs is 2. The normalized spacial score (nSPS) is 36.5. The van der Waals surface area contributed by atoms with Gasteiger partial charge in [0.2, 0.25) is 0 Å². The highest BCUT2D eigenvalue weighted by molar-refractivity contribution is 5.76. The van der Waals surface area contributed by atoms with Crippen LogP contribution in [0.5, 0.6) is 0 Å². The van der Waals surface area contributed by atoms with Crippen LogP contribution in [-0.2, 0) is 9.53 Å². The van der Waals surface area contributed by atoms with Crippen molar-refractivity contribution in [3.63, 3.8) is 0 Å². The van der Waals surface area contributed by atoms with E-state index in [9.17, 15) is 14.4 Å². The first-order valence-corrected chi connectivity index (χ1v) is 9.25. The molecule has 0 spiro atoms. The van der Waals surface area contributed by atoms with Gasteiger partial charge in [0.05, 0.1) is 18.7 Å². The van der Waals surface area contributed by atoms with E-state index in [1.807, 2.05) is 20.8 Å². The zero-order valence-electron chi connectivity index (χ0n) is 15.5. The number of aldehydes is 1. The number of amides is 2. The third-order valence-corrected chi connectivity index (χ3v) is 5.55. The fourth-order valence-electron chi connectivity index (χ4n) is 4.22. The number of hydrogen-bond donors (Lipinski definition) is 2. The molecule has 0 bridgehead atoms. The second-order valence-corrected chi connectivity index (χ2v) is 8.71. The Bertz CT molecular complexity index is 589. The minimum Gasteiger partial charge on any atom is -0.465 e. The minimum absolute atomic E-state index is 0.0285. The summed E-state index contributed by atoms with van der Waals surface area (Å²) in [5.41, 5.74) is -0.489. The van der Waals surface area contributed by atoms with E-state index < -0.39 is 11.7 Å². The van der Waals surface area contributed by atoms with E-state index >= 15 is 0 Å². The van der Waals surface area contributed by atoms with Crippen molar-refractivity contribution < 1.29 is 29.3 Å². The quantitative estimate of drug-likeness (QED) is 0.719. The van der Waals surface area contributed by atoms with E-state index in [-0.39, 0.29) is 36.9 Å². The van der Waals surface area contributed by atoms with Gasteiger partial charge in [-0.05, 0) is 58.3 Å². The van der Waals surface area contributed by atoms with Crippen molar-refractivity contribution in [1.29, 1.82) is 0 Å². The second-order valence-electron chi connectivity index (χ2n) is 8.71. The molecule has 4 aliphatic rings. The molecule has 1 unspecified atom stereocenters. The van der Waals surface area contributed by atoms with Crippen molar-refractivity contribution >= 4 is 18.5 Å². The maximum Gasteiger partial charge on any atom is 0.411 e. The summed E-state index contributed by atoms with van der Waals surface area (Å²) in [6.45, 7) is 5.48. The number of carbonyl (C=O) groups is 3. The van der Waals surface area contributed by atoms with E-state index in [1.165, 1.54) is 4.90 Å². The summed E-state index contributed by atoms with van der Waals surface area (Å²) in [6, 6.07) is 0.0968. The molecule has 0 aromatic rings. The molecule has 4 fully saturated rings. The summed E-state index contributed by atoms with van der Waals surface area (Å²) in [6.07, 6.45) is 3.34. The number of likely N-dealkylation sites (tertiary alicyclic amines) is 2. The van der Waals surface area contributed by atoms with Crippen molar-refractivity contribution in [3.05, 3.63) is 0 Å². The van der Waals surface area contributed by atoms with Crippen LogP contribution in [0.3, 0.4) is 0 Å². The van der Waals surface area contributed by atoms with Gasteiger partial charge in [0.15, 0.2) is 0 Å².